The van der Waals surface area contributed by atoms with E-state index in [-0.39, 0.29) is 0 Å². The normalized spacial score (nSPS) is 12.5. The van der Waals surface area contributed by atoms with Gasteiger partial charge in [0.25, 0.3) is 0 Å². The molecular formula is C24H24N4O2S. The van der Waals surface area contributed by atoms with Crippen LogP contribution >= 0.6 is 0 Å². The molecule has 7 heteroatoms. The average molecular weight is 433 g/mol. The van der Waals surface area contributed by atoms with Crippen LogP contribution in [-0.4, -0.2) is 28.4 Å². The molecule has 4 aromatic rings. The van der Waals surface area contributed by atoms with Gasteiger partial charge in [0.05, 0.1) is 10.9 Å². The second-order valence-electron chi connectivity index (χ2n) is 7.35. The van der Waals surface area contributed by atoms with Crippen molar-refractivity contribution in [1.82, 2.24) is 14.8 Å². The van der Waals surface area contributed by atoms with Crippen LogP contribution in [0, 0.1) is 0 Å². The lowest BCUT2D eigenvalue weighted by Gasteiger charge is -2.13. The Hall–Kier alpha value is -3.45. The molecule has 6 nitrogen and oxygen atoms in total. The predicted octanol–water partition coefficient (Wildman–Crippen LogP) is 5.14. The fourth-order valence-electron chi connectivity index (χ4n) is 3.22. The maximum atomic E-state index is 12.4. The zero-order chi connectivity index (χ0) is 21.8. The first-order valence-electron chi connectivity index (χ1n) is 10.2. The molecule has 0 saturated heterocycles. The molecule has 0 fully saturated rings. The van der Waals surface area contributed by atoms with E-state index < -0.39 is 15.3 Å². The van der Waals surface area contributed by atoms with Crippen molar-refractivity contribution >= 4 is 15.7 Å². The molecule has 0 spiro atoms. The molecule has 158 valence electrons. The Morgan fingerprint density at radius 3 is 2.26 bits per heavy atom. The first-order chi connectivity index (χ1) is 15.0. The third-order valence-corrected chi connectivity index (χ3v) is 7.16. The lowest BCUT2D eigenvalue weighted by Crippen LogP contribution is -2.24. The smallest absolute Gasteiger partial charge is 0.235 e. The largest absolute Gasteiger partial charge is 0.283 e. The summed E-state index contributed by atoms with van der Waals surface area (Å²) in [4.78, 5) is 4.11. The summed E-state index contributed by atoms with van der Waals surface area (Å²) in [7, 11) is -3.40. The second kappa shape index (κ2) is 8.73. The Bertz CT molecular complexity index is 1250. The summed E-state index contributed by atoms with van der Waals surface area (Å²) < 4.78 is 29.2. The second-order valence-corrected chi connectivity index (χ2v) is 9.45. The summed E-state index contributed by atoms with van der Waals surface area (Å²) in [6, 6.07) is 21.2. The monoisotopic (exact) mass is 432 g/mol. The maximum Gasteiger partial charge on any atom is 0.235 e. The van der Waals surface area contributed by atoms with Crippen molar-refractivity contribution in [3.63, 3.8) is 0 Å². The van der Waals surface area contributed by atoms with Gasteiger partial charge in [-0.1, -0.05) is 37.3 Å². The van der Waals surface area contributed by atoms with Crippen LogP contribution in [0.2, 0.25) is 0 Å². The Kier molecular flexibility index (Phi) is 5.86. The molecule has 0 radical (unpaired) electrons. The Labute approximate surface area is 182 Å². The van der Waals surface area contributed by atoms with Crippen molar-refractivity contribution in [3.05, 3.63) is 85.3 Å². The van der Waals surface area contributed by atoms with Gasteiger partial charge < -0.3 is 0 Å². The standard InChI is InChI=1S/C24H24N4O2S/c1-3-18(2)31(29,30)27-21-11-9-19(10-12-21)23-17-28(22-7-5-4-6-8-22)26-24(23)20-13-15-25-16-14-20/h4-18,27H,3H2,1-2H3. The highest BCUT2D eigenvalue weighted by Crippen LogP contribution is 2.32. The van der Waals surface area contributed by atoms with Crippen LogP contribution in [0.4, 0.5) is 5.69 Å². The van der Waals surface area contributed by atoms with Crippen LogP contribution in [0.3, 0.4) is 0 Å². The van der Waals surface area contributed by atoms with Gasteiger partial charge in [0.1, 0.15) is 5.69 Å². The number of rotatable bonds is 7. The van der Waals surface area contributed by atoms with Crippen molar-refractivity contribution in [2.75, 3.05) is 4.72 Å². The molecule has 2 heterocycles. The van der Waals surface area contributed by atoms with E-state index in [1.807, 2.05) is 72.4 Å². The zero-order valence-electron chi connectivity index (χ0n) is 17.4. The van der Waals surface area contributed by atoms with E-state index in [1.54, 1.807) is 31.5 Å². The van der Waals surface area contributed by atoms with Crippen LogP contribution in [0.15, 0.2) is 85.3 Å². The number of nitrogens with zero attached hydrogens (tertiary/aromatic N) is 3. The molecule has 0 aliphatic carbocycles. The van der Waals surface area contributed by atoms with Crippen molar-refractivity contribution in [2.45, 2.75) is 25.5 Å². The van der Waals surface area contributed by atoms with Crippen molar-refractivity contribution in [2.24, 2.45) is 0 Å². The molecule has 1 unspecified atom stereocenters. The molecule has 1 N–H and O–H groups in total. The number of para-hydroxylation sites is 1. The quantitative estimate of drug-likeness (QED) is 0.439. The van der Waals surface area contributed by atoms with Gasteiger partial charge in [0, 0.05) is 35.4 Å². The fourth-order valence-corrected chi connectivity index (χ4v) is 4.33. The summed E-state index contributed by atoms with van der Waals surface area (Å²) in [5.41, 5.74) is 5.19. The first kappa shape index (κ1) is 20.8. The predicted molar refractivity (Wildman–Crippen MR) is 125 cm³/mol. The highest BCUT2D eigenvalue weighted by atomic mass is 32.2. The minimum absolute atomic E-state index is 0.449. The summed E-state index contributed by atoms with van der Waals surface area (Å²) in [5.74, 6) is 0. The molecule has 4 rings (SSSR count). The first-order valence-corrected chi connectivity index (χ1v) is 11.7. The van der Waals surface area contributed by atoms with Crippen LogP contribution in [-0.2, 0) is 10.0 Å². The lowest BCUT2D eigenvalue weighted by molar-refractivity contribution is 0.586. The van der Waals surface area contributed by atoms with Gasteiger partial charge in [0.2, 0.25) is 10.0 Å². The molecule has 0 amide bonds. The topological polar surface area (TPSA) is 76.9 Å². The molecule has 2 aromatic heterocycles. The van der Waals surface area contributed by atoms with Gasteiger partial charge >= 0.3 is 0 Å². The van der Waals surface area contributed by atoms with Gasteiger partial charge in [-0.2, -0.15) is 5.10 Å². The number of pyridine rings is 1. The van der Waals surface area contributed by atoms with Gasteiger partial charge in [0.15, 0.2) is 0 Å². The van der Waals surface area contributed by atoms with E-state index in [4.69, 9.17) is 5.10 Å². The Morgan fingerprint density at radius 1 is 0.935 bits per heavy atom. The van der Waals surface area contributed by atoms with E-state index in [0.29, 0.717) is 12.1 Å². The van der Waals surface area contributed by atoms with E-state index in [2.05, 4.69) is 9.71 Å². The minimum atomic E-state index is -3.40. The van der Waals surface area contributed by atoms with Gasteiger partial charge in [-0.05, 0) is 55.3 Å². The summed E-state index contributed by atoms with van der Waals surface area (Å²) in [6.07, 6.45) is 6.03. The van der Waals surface area contributed by atoms with E-state index in [1.165, 1.54) is 0 Å². The number of hydrogen-bond donors (Lipinski definition) is 1. The molecule has 1 atom stereocenters. The minimum Gasteiger partial charge on any atom is -0.283 e. The molecule has 0 aliphatic rings. The molecule has 31 heavy (non-hydrogen) atoms. The van der Waals surface area contributed by atoms with Gasteiger partial charge in [-0.3, -0.25) is 9.71 Å². The van der Waals surface area contributed by atoms with E-state index >= 15 is 0 Å². The van der Waals surface area contributed by atoms with Crippen molar-refractivity contribution in [3.8, 4) is 28.1 Å². The summed E-state index contributed by atoms with van der Waals surface area (Å²) in [5, 5.41) is 4.37. The van der Waals surface area contributed by atoms with Gasteiger partial charge in [-0.25, -0.2) is 13.1 Å². The highest BCUT2D eigenvalue weighted by molar-refractivity contribution is 7.93. The SMILES string of the molecule is CCC(C)S(=O)(=O)Nc1ccc(-c2cn(-c3ccccc3)nc2-c2ccncc2)cc1. The number of aromatic nitrogens is 3. The number of hydrogen-bond acceptors (Lipinski definition) is 4. The number of benzene rings is 2. The van der Waals surface area contributed by atoms with Crippen molar-refractivity contribution in [1.29, 1.82) is 0 Å². The summed E-state index contributed by atoms with van der Waals surface area (Å²) >= 11 is 0. The van der Waals surface area contributed by atoms with E-state index in [0.717, 1.165) is 28.1 Å². The Morgan fingerprint density at radius 2 is 1.61 bits per heavy atom. The number of anilines is 1. The molecule has 2 aromatic carbocycles. The lowest BCUT2D eigenvalue weighted by atomic mass is 10.0. The maximum absolute atomic E-state index is 12.4. The molecule has 0 bridgehead atoms. The van der Waals surface area contributed by atoms with E-state index in [9.17, 15) is 8.42 Å². The molecule has 0 aliphatic heterocycles. The van der Waals surface area contributed by atoms with Crippen LogP contribution < -0.4 is 4.72 Å². The Balaban J connectivity index is 1.72. The molecule has 0 saturated carbocycles. The number of sulfonamides is 1. The van der Waals surface area contributed by atoms with Gasteiger partial charge in [-0.15, -0.1) is 0 Å². The molecular weight excluding hydrogens is 408 g/mol. The van der Waals surface area contributed by atoms with Crippen LogP contribution in [0.1, 0.15) is 20.3 Å². The third-order valence-electron chi connectivity index (χ3n) is 5.25. The third kappa shape index (κ3) is 4.51. The van der Waals surface area contributed by atoms with Crippen molar-refractivity contribution < 1.29 is 8.42 Å². The zero-order valence-corrected chi connectivity index (χ0v) is 18.3. The average Bonchev–Trinajstić information content (AvgIpc) is 3.25. The van der Waals surface area contributed by atoms with Crippen LogP contribution in [0.25, 0.3) is 28.1 Å². The summed E-state index contributed by atoms with van der Waals surface area (Å²) in [6.45, 7) is 3.56. The fraction of sp³-hybridized carbons (Fsp3) is 0.167. The number of nitrogens with one attached hydrogen (secondary N) is 1. The highest BCUT2D eigenvalue weighted by Gasteiger charge is 2.19. The van der Waals surface area contributed by atoms with Crippen LogP contribution in [0.5, 0.6) is 0 Å².